The molecule has 1 amide bonds. The molecule has 1 aromatic carbocycles. The quantitative estimate of drug-likeness (QED) is 0.697. The van der Waals surface area contributed by atoms with Crippen molar-refractivity contribution in [3.63, 3.8) is 0 Å². The number of benzene rings is 1. The van der Waals surface area contributed by atoms with E-state index < -0.39 is 0 Å². The standard InChI is InChI=1S/C19H27NO4/c1-13(24-12-14-4-5-14)19(21)20(16-6-7-16)11-15-10-17(22-2)8-9-18(15)23-3/h8-10,13-14,16H,4-7,11-12H2,1-3H3. The van der Waals surface area contributed by atoms with E-state index in [1.54, 1.807) is 14.2 Å². The molecule has 1 aromatic rings. The van der Waals surface area contributed by atoms with Crippen LogP contribution in [0.15, 0.2) is 18.2 Å². The van der Waals surface area contributed by atoms with Gasteiger partial charge in [-0.1, -0.05) is 0 Å². The molecule has 2 saturated carbocycles. The lowest BCUT2D eigenvalue weighted by molar-refractivity contribution is -0.144. The minimum Gasteiger partial charge on any atom is -0.497 e. The lowest BCUT2D eigenvalue weighted by Crippen LogP contribution is -2.40. The van der Waals surface area contributed by atoms with Crippen LogP contribution in [0.5, 0.6) is 11.5 Å². The van der Waals surface area contributed by atoms with Crippen LogP contribution in [0, 0.1) is 5.92 Å². The molecule has 2 fully saturated rings. The second kappa shape index (κ2) is 7.43. The van der Waals surface area contributed by atoms with E-state index in [0.717, 1.165) is 29.9 Å². The first-order valence-electron chi connectivity index (χ1n) is 8.75. The van der Waals surface area contributed by atoms with Crippen molar-refractivity contribution in [1.82, 2.24) is 4.90 Å². The number of methoxy groups -OCH3 is 2. The second-order valence-electron chi connectivity index (χ2n) is 6.79. The van der Waals surface area contributed by atoms with Gasteiger partial charge in [-0.3, -0.25) is 4.79 Å². The number of nitrogens with zero attached hydrogens (tertiary/aromatic N) is 1. The summed E-state index contributed by atoms with van der Waals surface area (Å²) in [4.78, 5) is 14.8. The van der Waals surface area contributed by atoms with Crippen LogP contribution in [0.3, 0.4) is 0 Å². The maximum atomic E-state index is 12.8. The van der Waals surface area contributed by atoms with Crippen molar-refractivity contribution in [3.8, 4) is 11.5 Å². The lowest BCUT2D eigenvalue weighted by Gasteiger charge is -2.27. The molecule has 2 aliphatic carbocycles. The van der Waals surface area contributed by atoms with Gasteiger partial charge in [0.15, 0.2) is 0 Å². The molecule has 0 aliphatic heterocycles. The molecule has 0 bridgehead atoms. The zero-order chi connectivity index (χ0) is 17.1. The molecule has 132 valence electrons. The molecule has 1 atom stereocenters. The van der Waals surface area contributed by atoms with Gasteiger partial charge in [0.2, 0.25) is 0 Å². The van der Waals surface area contributed by atoms with Crippen LogP contribution in [-0.4, -0.2) is 43.8 Å². The molecule has 1 unspecified atom stereocenters. The van der Waals surface area contributed by atoms with Crippen LogP contribution in [0.25, 0.3) is 0 Å². The summed E-state index contributed by atoms with van der Waals surface area (Å²) in [7, 11) is 3.29. The number of amides is 1. The van der Waals surface area contributed by atoms with E-state index in [0.29, 0.717) is 25.1 Å². The van der Waals surface area contributed by atoms with Gasteiger partial charge >= 0.3 is 0 Å². The predicted octanol–water partition coefficient (Wildman–Crippen LogP) is 3.01. The third-order valence-electron chi connectivity index (χ3n) is 4.73. The number of rotatable bonds is 9. The van der Waals surface area contributed by atoms with Crippen molar-refractivity contribution in [2.45, 2.75) is 51.3 Å². The van der Waals surface area contributed by atoms with Gasteiger partial charge < -0.3 is 19.1 Å². The van der Waals surface area contributed by atoms with Gasteiger partial charge in [-0.2, -0.15) is 0 Å². The fourth-order valence-corrected chi connectivity index (χ4v) is 2.83. The number of ether oxygens (including phenoxy) is 3. The summed E-state index contributed by atoms with van der Waals surface area (Å²) < 4.78 is 16.5. The summed E-state index contributed by atoms with van der Waals surface area (Å²) in [5.74, 6) is 2.28. The first kappa shape index (κ1) is 17.1. The molecule has 2 aliphatic rings. The third kappa shape index (κ3) is 4.20. The summed E-state index contributed by atoms with van der Waals surface area (Å²) in [6.07, 6.45) is 4.20. The monoisotopic (exact) mass is 333 g/mol. The normalized spacial score (nSPS) is 18.1. The van der Waals surface area contributed by atoms with E-state index in [4.69, 9.17) is 14.2 Å². The Morgan fingerprint density at radius 3 is 2.54 bits per heavy atom. The van der Waals surface area contributed by atoms with Gasteiger partial charge in [0.25, 0.3) is 5.91 Å². The van der Waals surface area contributed by atoms with Crippen LogP contribution in [-0.2, 0) is 16.1 Å². The summed E-state index contributed by atoms with van der Waals surface area (Å²) in [5, 5.41) is 0. The van der Waals surface area contributed by atoms with E-state index in [1.165, 1.54) is 12.8 Å². The van der Waals surface area contributed by atoms with Crippen molar-refractivity contribution in [1.29, 1.82) is 0 Å². The van der Waals surface area contributed by atoms with Gasteiger partial charge in [0, 0.05) is 18.2 Å². The number of hydrogen-bond acceptors (Lipinski definition) is 4. The molecule has 0 spiro atoms. The Labute approximate surface area is 143 Å². The minimum atomic E-state index is -0.386. The molecule has 0 aromatic heterocycles. The number of carbonyl (C=O) groups is 1. The van der Waals surface area contributed by atoms with Crippen molar-refractivity contribution >= 4 is 5.91 Å². The summed E-state index contributed by atoms with van der Waals surface area (Å²) >= 11 is 0. The van der Waals surface area contributed by atoms with Crippen molar-refractivity contribution < 1.29 is 19.0 Å². The Kier molecular flexibility index (Phi) is 5.29. The highest BCUT2D eigenvalue weighted by molar-refractivity contribution is 5.81. The molecule has 3 rings (SSSR count). The van der Waals surface area contributed by atoms with E-state index in [9.17, 15) is 4.79 Å². The Balaban J connectivity index is 1.70. The highest BCUT2D eigenvalue weighted by Crippen LogP contribution is 2.33. The Hall–Kier alpha value is -1.75. The third-order valence-corrected chi connectivity index (χ3v) is 4.73. The van der Waals surface area contributed by atoms with Crippen molar-refractivity contribution in [3.05, 3.63) is 23.8 Å². The molecule has 5 heteroatoms. The molecule has 0 saturated heterocycles. The van der Waals surface area contributed by atoms with Gasteiger partial charge in [0.05, 0.1) is 20.8 Å². The topological polar surface area (TPSA) is 48.0 Å². The highest BCUT2D eigenvalue weighted by atomic mass is 16.5. The molecule has 24 heavy (non-hydrogen) atoms. The fourth-order valence-electron chi connectivity index (χ4n) is 2.83. The molecule has 0 radical (unpaired) electrons. The zero-order valence-corrected chi connectivity index (χ0v) is 14.8. The minimum absolute atomic E-state index is 0.0722. The number of hydrogen-bond donors (Lipinski definition) is 0. The fraction of sp³-hybridized carbons (Fsp3) is 0.632. The molecular formula is C19H27NO4. The first-order chi connectivity index (χ1) is 11.6. The maximum absolute atomic E-state index is 12.8. The first-order valence-corrected chi connectivity index (χ1v) is 8.75. The summed E-state index contributed by atoms with van der Waals surface area (Å²) in [5.41, 5.74) is 0.964. The van der Waals surface area contributed by atoms with Gasteiger partial charge in [0.1, 0.15) is 17.6 Å². The average molecular weight is 333 g/mol. The zero-order valence-electron chi connectivity index (χ0n) is 14.8. The van der Waals surface area contributed by atoms with Crippen molar-refractivity contribution in [2.75, 3.05) is 20.8 Å². The molecule has 0 N–H and O–H groups in total. The Morgan fingerprint density at radius 1 is 1.21 bits per heavy atom. The van der Waals surface area contributed by atoms with Crippen LogP contribution >= 0.6 is 0 Å². The van der Waals surface area contributed by atoms with Crippen LogP contribution in [0.1, 0.15) is 38.2 Å². The molecule has 5 nitrogen and oxygen atoms in total. The van der Waals surface area contributed by atoms with E-state index >= 15 is 0 Å². The van der Waals surface area contributed by atoms with Gasteiger partial charge in [-0.05, 0) is 56.7 Å². The SMILES string of the molecule is COc1ccc(OC)c(CN(C(=O)C(C)OCC2CC2)C2CC2)c1. The van der Waals surface area contributed by atoms with Crippen LogP contribution < -0.4 is 9.47 Å². The largest absolute Gasteiger partial charge is 0.497 e. The smallest absolute Gasteiger partial charge is 0.251 e. The number of carbonyl (C=O) groups excluding carboxylic acids is 1. The van der Waals surface area contributed by atoms with E-state index in [1.807, 2.05) is 30.0 Å². The second-order valence-corrected chi connectivity index (χ2v) is 6.79. The van der Waals surface area contributed by atoms with Crippen LogP contribution in [0.2, 0.25) is 0 Å². The Bertz CT molecular complexity index is 581. The van der Waals surface area contributed by atoms with E-state index in [2.05, 4.69) is 0 Å². The summed E-state index contributed by atoms with van der Waals surface area (Å²) in [6.45, 7) is 3.10. The maximum Gasteiger partial charge on any atom is 0.251 e. The molecule has 0 heterocycles. The summed E-state index contributed by atoms with van der Waals surface area (Å²) in [6, 6.07) is 6.02. The average Bonchev–Trinajstić information content (AvgIpc) is 3.49. The van der Waals surface area contributed by atoms with Crippen LogP contribution in [0.4, 0.5) is 0 Å². The predicted molar refractivity (Wildman–Crippen MR) is 91.3 cm³/mol. The van der Waals surface area contributed by atoms with Gasteiger partial charge in [-0.25, -0.2) is 0 Å². The van der Waals surface area contributed by atoms with E-state index in [-0.39, 0.29) is 12.0 Å². The lowest BCUT2D eigenvalue weighted by atomic mass is 10.1. The highest BCUT2D eigenvalue weighted by Gasteiger charge is 2.36. The molecular weight excluding hydrogens is 306 g/mol. The van der Waals surface area contributed by atoms with Crippen molar-refractivity contribution in [2.24, 2.45) is 5.92 Å². The van der Waals surface area contributed by atoms with Gasteiger partial charge in [-0.15, -0.1) is 0 Å². The Morgan fingerprint density at radius 2 is 1.96 bits per heavy atom.